The van der Waals surface area contributed by atoms with Crippen molar-refractivity contribution in [2.24, 2.45) is 0 Å². The van der Waals surface area contributed by atoms with Gasteiger partial charge in [0.2, 0.25) is 0 Å². The van der Waals surface area contributed by atoms with Gasteiger partial charge in [0, 0.05) is 0 Å². The lowest BCUT2D eigenvalue weighted by Gasteiger charge is -2.39. The van der Waals surface area contributed by atoms with Gasteiger partial charge >= 0.3 is 12.1 Å². The van der Waals surface area contributed by atoms with Gasteiger partial charge in [-0.15, -0.1) is 0 Å². The normalized spacial score (nSPS) is 19.2. The number of nitrogens with zero attached hydrogens (tertiary/aromatic N) is 1. The molecule has 1 heterocycles. The Labute approximate surface area is 161 Å². The third-order valence-corrected chi connectivity index (χ3v) is 5.12. The lowest BCUT2D eigenvalue weighted by Crippen LogP contribution is -2.46. The molecule has 1 aliphatic rings. The Morgan fingerprint density at radius 2 is 1.86 bits per heavy atom. The molecule has 0 aliphatic carbocycles. The van der Waals surface area contributed by atoms with Crippen LogP contribution in [0.4, 0.5) is 13.2 Å². The van der Waals surface area contributed by atoms with Gasteiger partial charge in [-0.05, 0) is 54.8 Å². The molecule has 150 valence electrons. The Morgan fingerprint density at radius 1 is 1.14 bits per heavy atom. The molecule has 2 aromatic carbocycles. The molecule has 0 aromatic heterocycles. The van der Waals surface area contributed by atoms with Gasteiger partial charge in [0.1, 0.15) is 11.8 Å². The van der Waals surface area contributed by atoms with Crippen molar-refractivity contribution in [3.8, 4) is 5.75 Å². The molecule has 2 unspecified atom stereocenters. The molecule has 2 aromatic rings. The summed E-state index contributed by atoms with van der Waals surface area (Å²) in [4.78, 5) is 13.7. The van der Waals surface area contributed by atoms with E-state index in [1.54, 1.807) is 18.2 Å². The zero-order chi connectivity index (χ0) is 20.3. The summed E-state index contributed by atoms with van der Waals surface area (Å²) >= 11 is 0. The number of halogens is 3. The molecule has 0 radical (unpaired) electrons. The monoisotopic (exact) mass is 393 g/mol. The van der Waals surface area contributed by atoms with Crippen molar-refractivity contribution < 1.29 is 27.8 Å². The topological polar surface area (TPSA) is 49.8 Å². The van der Waals surface area contributed by atoms with Crippen LogP contribution in [0.15, 0.2) is 48.5 Å². The maximum atomic E-state index is 13.0. The van der Waals surface area contributed by atoms with E-state index in [-0.39, 0.29) is 0 Å². The number of piperidine rings is 1. The van der Waals surface area contributed by atoms with Gasteiger partial charge in [0.15, 0.2) is 0 Å². The highest BCUT2D eigenvalue weighted by atomic mass is 19.4. The second-order valence-corrected chi connectivity index (χ2v) is 6.89. The van der Waals surface area contributed by atoms with Crippen LogP contribution in [0, 0.1) is 0 Å². The molecule has 0 amide bonds. The smallest absolute Gasteiger partial charge is 0.416 e. The number of carboxylic acids is 1. The minimum absolute atomic E-state index is 0.473. The Hall–Kier alpha value is -2.54. The van der Waals surface area contributed by atoms with Crippen molar-refractivity contribution in [1.29, 1.82) is 0 Å². The van der Waals surface area contributed by atoms with Crippen LogP contribution < -0.4 is 4.74 Å². The maximum absolute atomic E-state index is 13.0. The summed E-state index contributed by atoms with van der Waals surface area (Å²) in [5.74, 6) is -0.308. The molecule has 1 fully saturated rings. The minimum atomic E-state index is -4.42. The first-order valence-corrected chi connectivity index (χ1v) is 9.11. The first-order chi connectivity index (χ1) is 13.3. The SMILES string of the molecule is COc1cccc(C(c2ccc(C(F)(F)F)cc2)N2CCCCC2C(=O)O)c1. The van der Waals surface area contributed by atoms with Crippen LogP contribution in [0.3, 0.4) is 0 Å². The van der Waals surface area contributed by atoms with Crippen molar-refractivity contribution >= 4 is 5.97 Å². The fourth-order valence-corrected chi connectivity index (χ4v) is 3.77. The van der Waals surface area contributed by atoms with Gasteiger partial charge < -0.3 is 9.84 Å². The van der Waals surface area contributed by atoms with Crippen molar-refractivity contribution in [2.75, 3.05) is 13.7 Å². The summed E-state index contributed by atoms with van der Waals surface area (Å²) in [5.41, 5.74) is 0.677. The van der Waals surface area contributed by atoms with Crippen LogP contribution in [-0.4, -0.2) is 35.7 Å². The molecule has 3 rings (SSSR count). The van der Waals surface area contributed by atoms with Crippen LogP contribution >= 0.6 is 0 Å². The number of methoxy groups -OCH3 is 1. The van der Waals surface area contributed by atoms with Crippen LogP contribution in [-0.2, 0) is 11.0 Å². The van der Waals surface area contributed by atoms with E-state index in [2.05, 4.69) is 0 Å². The van der Waals surface area contributed by atoms with E-state index in [0.29, 0.717) is 24.3 Å². The third kappa shape index (κ3) is 4.30. The average Bonchev–Trinajstić information content (AvgIpc) is 2.68. The maximum Gasteiger partial charge on any atom is 0.416 e. The van der Waals surface area contributed by atoms with Crippen LogP contribution in [0.1, 0.15) is 42.0 Å². The number of aliphatic carboxylic acids is 1. The summed E-state index contributed by atoms with van der Waals surface area (Å²) in [7, 11) is 1.53. The van der Waals surface area contributed by atoms with Crippen molar-refractivity contribution in [3.63, 3.8) is 0 Å². The standard InChI is InChI=1S/C21H22F3NO3/c1-28-17-6-4-5-15(13-17)19(25-12-3-2-7-18(25)20(26)27)14-8-10-16(11-9-14)21(22,23)24/h4-6,8-11,13,18-19H,2-3,7,12H2,1H3,(H,26,27). The molecule has 0 bridgehead atoms. The highest BCUT2D eigenvalue weighted by Gasteiger charge is 2.36. The fraction of sp³-hybridized carbons (Fsp3) is 0.381. The van der Waals surface area contributed by atoms with Crippen molar-refractivity contribution in [1.82, 2.24) is 4.90 Å². The summed E-state index contributed by atoms with van der Waals surface area (Å²) in [6.07, 6.45) is -2.26. The lowest BCUT2D eigenvalue weighted by atomic mass is 9.91. The van der Waals surface area contributed by atoms with Crippen LogP contribution in [0.2, 0.25) is 0 Å². The second kappa shape index (κ2) is 8.22. The highest BCUT2D eigenvalue weighted by molar-refractivity contribution is 5.73. The first kappa shape index (κ1) is 20.2. The van der Waals surface area contributed by atoms with Gasteiger partial charge in [-0.25, -0.2) is 0 Å². The number of hydrogen-bond donors (Lipinski definition) is 1. The Bertz CT molecular complexity index is 820. The van der Waals surface area contributed by atoms with Gasteiger partial charge in [-0.1, -0.05) is 30.7 Å². The molecular formula is C21H22F3NO3. The van der Waals surface area contributed by atoms with Crippen molar-refractivity contribution in [3.05, 3.63) is 65.2 Å². The molecule has 1 saturated heterocycles. The molecule has 7 heteroatoms. The minimum Gasteiger partial charge on any atom is -0.497 e. The van der Waals surface area contributed by atoms with Gasteiger partial charge in [-0.2, -0.15) is 13.2 Å². The number of benzene rings is 2. The quantitative estimate of drug-likeness (QED) is 0.797. The number of likely N-dealkylation sites (tertiary alicyclic amines) is 1. The number of ether oxygens (including phenoxy) is 1. The average molecular weight is 393 g/mol. The van der Waals surface area contributed by atoms with E-state index in [1.165, 1.54) is 19.2 Å². The predicted molar refractivity (Wildman–Crippen MR) is 98.3 cm³/mol. The van der Waals surface area contributed by atoms with Gasteiger partial charge in [0.05, 0.1) is 18.7 Å². The Kier molecular flexibility index (Phi) is 5.93. The molecule has 1 aliphatic heterocycles. The Morgan fingerprint density at radius 3 is 2.46 bits per heavy atom. The summed E-state index contributed by atoms with van der Waals surface area (Å²) in [5, 5.41) is 9.69. The molecule has 2 atom stereocenters. The summed E-state index contributed by atoms with van der Waals surface area (Å²) in [6, 6.07) is 11.0. The van der Waals surface area contributed by atoms with Gasteiger partial charge in [0.25, 0.3) is 0 Å². The van der Waals surface area contributed by atoms with E-state index < -0.39 is 29.8 Å². The number of alkyl halides is 3. The molecule has 0 spiro atoms. The van der Waals surface area contributed by atoms with Gasteiger partial charge in [-0.3, -0.25) is 9.69 Å². The summed E-state index contributed by atoms with van der Waals surface area (Å²) < 4.78 is 44.2. The zero-order valence-corrected chi connectivity index (χ0v) is 15.4. The van der Waals surface area contributed by atoms with Crippen LogP contribution in [0.5, 0.6) is 5.75 Å². The first-order valence-electron chi connectivity index (χ1n) is 9.11. The Balaban J connectivity index is 2.07. The van der Waals surface area contributed by atoms with Crippen LogP contribution in [0.25, 0.3) is 0 Å². The van der Waals surface area contributed by atoms with E-state index in [9.17, 15) is 23.1 Å². The summed E-state index contributed by atoms with van der Waals surface area (Å²) in [6.45, 7) is 0.555. The number of rotatable bonds is 5. The van der Waals surface area contributed by atoms with Crippen molar-refractivity contribution in [2.45, 2.75) is 37.5 Å². The molecule has 4 nitrogen and oxygen atoms in total. The largest absolute Gasteiger partial charge is 0.497 e. The third-order valence-electron chi connectivity index (χ3n) is 5.12. The number of hydrogen-bond acceptors (Lipinski definition) is 3. The molecular weight excluding hydrogens is 371 g/mol. The second-order valence-electron chi connectivity index (χ2n) is 6.89. The van der Waals surface area contributed by atoms with E-state index in [4.69, 9.17) is 4.74 Å². The zero-order valence-electron chi connectivity index (χ0n) is 15.4. The molecule has 1 N–H and O–H groups in total. The van der Waals surface area contributed by atoms with E-state index >= 15 is 0 Å². The molecule has 28 heavy (non-hydrogen) atoms. The number of carboxylic acid groups (broad SMARTS) is 1. The highest BCUT2D eigenvalue weighted by Crippen LogP contribution is 2.37. The fourth-order valence-electron chi connectivity index (χ4n) is 3.77. The molecule has 0 saturated carbocycles. The lowest BCUT2D eigenvalue weighted by molar-refractivity contribution is -0.145. The van der Waals surface area contributed by atoms with E-state index in [1.807, 2.05) is 11.0 Å². The van der Waals surface area contributed by atoms with E-state index in [0.717, 1.165) is 30.5 Å². The predicted octanol–water partition coefficient (Wildman–Crippen LogP) is 4.74. The number of carbonyl (C=O) groups is 1.